The van der Waals surface area contributed by atoms with Crippen LogP contribution < -0.4 is 0 Å². The topological polar surface area (TPSA) is 34.9 Å². The number of aromatic nitrogens is 2. The Morgan fingerprint density at radius 3 is 2.59 bits per heavy atom. The number of carbonyl (C=O) groups excluding carboxylic acids is 1. The molecule has 0 bridgehead atoms. The fraction of sp³-hybridized carbons (Fsp3) is 0.0909. The highest BCUT2D eigenvalue weighted by Crippen LogP contribution is 2.31. The van der Waals surface area contributed by atoms with Crippen LogP contribution in [0.4, 0.5) is 4.39 Å². The lowest BCUT2D eigenvalue weighted by Crippen LogP contribution is -2.01. The van der Waals surface area contributed by atoms with Crippen molar-refractivity contribution in [3.63, 3.8) is 0 Å². The van der Waals surface area contributed by atoms with Gasteiger partial charge in [-0.15, -0.1) is 0 Å². The molecule has 0 N–H and O–H groups in total. The van der Waals surface area contributed by atoms with Crippen LogP contribution in [0.3, 0.4) is 0 Å². The molecular formula is C11H7Cl2FN2O. The third-order valence-corrected chi connectivity index (χ3v) is 2.84. The molecule has 88 valence electrons. The van der Waals surface area contributed by atoms with Crippen molar-refractivity contribution in [1.82, 2.24) is 9.78 Å². The first-order valence-corrected chi connectivity index (χ1v) is 5.45. The number of rotatable bonds is 2. The van der Waals surface area contributed by atoms with Crippen molar-refractivity contribution < 1.29 is 9.18 Å². The molecule has 0 spiro atoms. The first-order chi connectivity index (χ1) is 8.02. The van der Waals surface area contributed by atoms with E-state index in [0.29, 0.717) is 0 Å². The number of carbonyl (C=O) groups is 1. The van der Waals surface area contributed by atoms with E-state index in [4.69, 9.17) is 23.2 Å². The van der Waals surface area contributed by atoms with Crippen molar-refractivity contribution in [3.8, 4) is 11.3 Å². The number of nitrogens with zero attached hydrogens (tertiary/aromatic N) is 2. The molecule has 0 atom stereocenters. The summed E-state index contributed by atoms with van der Waals surface area (Å²) in [6, 6.07) is 6.05. The predicted molar refractivity (Wildman–Crippen MR) is 63.8 cm³/mol. The highest BCUT2D eigenvalue weighted by Gasteiger charge is 2.21. The summed E-state index contributed by atoms with van der Waals surface area (Å²) in [5, 5.41) is 3.33. The predicted octanol–water partition coefficient (Wildman–Crippen LogP) is 3.26. The molecule has 0 aliphatic rings. The Labute approximate surface area is 107 Å². The molecule has 0 radical (unpaired) electrons. The fourth-order valence-electron chi connectivity index (χ4n) is 1.54. The Morgan fingerprint density at radius 2 is 2.06 bits per heavy atom. The summed E-state index contributed by atoms with van der Waals surface area (Å²) in [7, 11) is 1.52. The van der Waals surface area contributed by atoms with E-state index < -0.39 is 11.1 Å². The molecule has 0 aliphatic carbocycles. The van der Waals surface area contributed by atoms with Gasteiger partial charge in [0.05, 0.1) is 5.02 Å². The van der Waals surface area contributed by atoms with Crippen LogP contribution in [0.25, 0.3) is 11.3 Å². The second-order valence-electron chi connectivity index (χ2n) is 3.39. The first-order valence-electron chi connectivity index (χ1n) is 4.69. The SMILES string of the molecule is Cn1nc(-c2ccccc2F)c(Cl)c1C(=O)Cl. The molecule has 0 unspecified atom stereocenters. The molecule has 0 saturated heterocycles. The lowest BCUT2D eigenvalue weighted by Gasteiger charge is -1.98. The lowest BCUT2D eigenvalue weighted by molar-refractivity contribution is 0.107. The average Bonchev–Trinajstić information content (AvgIpc) is 2.55. The maximum atomic E-state index is 13.6. The van der Waals surface area contributed by atoms with Crippen LogP contribution in [0.1, 0.15) is 10.5 Å². The van der Waals surface area contributed by atoms with Gasteiger partial charge in [0, 0.05) is 12.6 Å². The molecule has 1 heterocycles. The van der Waals surface area contributed by atoms with Crippen LogP contribution in [0.5, 0.6) is 0 Å². The maximum Gasteiger partial charge on any atom is 0.272 e. The van der Waals surface area contributed by atoms with E-state index in [1.165, 1.54) is 23.9 Å². The third kappa shape index (κ3) is 2.06. The standard InChI is InChI=1S/C11H7Cl2FN2O/c1-16-10(11(13)17)8(12)9(15-16)6-4-2-3-5-7(6)14/h2-5H,1H3. The molecule has 0 aliphatic heterocycles. The Balaban J connectivity index is 2.66. The first kappa shape index (κ1) is 12.1. The number of hydrogen-bond acceptors (Lipinski definition) is 2. The van der Waals surface area contributed by atoms with Gasteiger partial charge in [0.2, 0.25) is 0 Å². The van der Waals surface area contributed by atoms with Crippen LogP contribution in [0.2, 0.25) is 5.02 Å². The lowest BCUT2D eigenvalue weighted by atomic mass is 10.1. The summed E-state index contributed by atoms with van der Waals surface area (Å²) in [4.78, 5) is 11.1. The summed E-state index contributed by atoms with van der Waals surface area (Å²) < 4.78 is 14.8. The van der Waals surface area contributed by atoms with E-state index in [-0.39, 0.29) is 22.0 Å². The minimum Gasteiger partial charge on any atom is -0.274 e. The smallest absolute Gasteiger partial charge is 0.272 e. The molecule has 3 nitrogen and oxygen atoms in total. The summed E-state index contributed by atoms with van der Waals surface area (Å²) in [5.41, 5.74) is 0.486. The van der Waals surface area contributed by atoms with Crippen LogP contribution in [-0.4, -0.2) is 15.0 Å². The molecule has 6 heteroatoms. The molecule has 0 saturated carbocycles. The summed E-state index contributed by atoms with van der Waals surface area (Å²) >= 11 is 11.4. The van der Waals surface area contributed by atoms with Crippen molar-refractivity contribution in [2.45, 2.75) is 0 Å². The molecule has 1 aromatic carbocycles. The van der Waals surface area contributed by atoms with Gasteiger partial charge in [-0.3, -0.25) is 9.48 Å². The summed E-state index contributed by atoms with van der Waals surface area (Å²) in [6.45, 7) is 0. The number of halogens is 3. The van der Waals surface area contributed by atoms with E-state index in [0.717, 1.165) is 0 Å². The largest absolute Gasteiger partial charge is 0.274 e. The van der Waals surface area contributed by atoms with Gasteiger partial charge in [-0.1, -0.05) is 23.7 Å². The van der Waals surface area contributed by atoms with Gasteiger partial charge in [-0.25, -0.2) is 4.39 Å². The van der Waals surface area contributed by atoms with Gasteiger partial charge in [0.15, 0.2) is 0 Å². The Kier molecular flexibility index (Phi) is 3.17. The molecule has 2 aromatic rings. The second-order valence-corrected chi connectivity index (χ2v) is 4.11. The van der Waals surface area contributed by atoms with Gasteiger partial charge in [-0.2, -0.15) is 5.10 Å². The highest BCUT2D eigenvalue weighted by molar-refractivity contribution is 6.68. The van der Waals surface area contributed by atoms with Crippen LogP contribution in [-0.2, 0) is 7.05 Å². The van der Waals surface area contributed by atoms with Crippen molar-refractivity contribution in [2.24, 2.45) is 7.05 Å². The summed E-state index contributed by atoms with van der Waals surface area (Å²) in [5.74, 6) is -0.457. The number of benzene rings is 1. The Hall–Kier alpha value is -1.39. The maximum absolute atomic E-state index is 13.6. The van der Waals surface area contributed by atoms with E-state index in [1.807, 2.05) is 0 Å². The zero-order chi connectivity index (χ0) is 12.6. The van der Waals surface area contributed by atoms with Gasteiger partial charge in [-0.05, 0) is 23.7 Å². The average molecular weight is 273 g/mol. The van der Waals surface area contributed by atoms with Crippen molar-refractivity contribution >= 4 is 28.4 Å². The molecule has 0 fully saturated rings. The van der Waals surface area contributed by atoms with E-state index in [9.17, 15) is 9.18 Å². The normalized spacial score (nSPS) is 10.6. The molecular weight excluding hydrogens is 266 g/mol. The summed E-state index contributed by atoms with van der Waals surface area (Å²) in [6.07, 6.45) is 0. The van der Waals surface area contributed by atoms with Crippen molar-refractivity contribution in [2.75, 3.05) is 0 Å². The van der Waals surface area contributed by atoms with Crippen molar-refractivity contribution in [3.05, 3.63) is 40.8 Å². The zero-order valence-corrected chi connectivity index (χ0v) is 10.3. The van der Waals surface area contributed by atoms with Gasteiger partial charge in [0.25, 0.3) is 5.24 Å². The second kappa shape index (κ2) is 4.47. The number of aryl methyl sites for hydroxylation is 1. The third-order valence-electron chi connectivity index (χ3n) is 2.30. The zero-order valence-electron chi connectivity index (χ0n) is 8.75. The van der Waals surface area contributed by atoms with Crippen LogP contribution >= 0.6 is 23.2 Å². The van der Waals surface area contributed by atoms with E-state index in [2.05, 4.69) is 5.10 Å². The van der Waals surface area contributed by atoms with E-state index >= 15 is 0 Å². The van der Waals surface area contributed by atoms with Gasteiger partial charge >= 0.3 is 0 Å². The highest BCUT2D eigenvalue weighted by atomic mass is 35.5. The van der Waals surface area contributed by atoms with Crippen LogP contribution in [0.15, 0.2) is 24.3 Å². The van der Waals surface area contributed by atoms with Gasteiger partial charge < -0.3 is 0 Å². The monoisotopic (exact) mass is 272 g/mol. The Bertz CT molecular complexity index is 595. The minimum absolute atomic E-state index is 0.0478. The quantitative estimate of drug-likeness (QED) is 0.787. The fourth-order valence-corrected chi connectivity index (χ4v) is 2.15. The van der Waals surface area contributed by atoms with Crippen molar-refractivity contribution in [1.29, 1.82) is 0 Å². The molecule has 17 heavy (non-hydrogen) atoms. The molecule has 2 rings (SSSR count). The van der Waals surface area contributed by atoms with Crippen LogP contribution in [0, 0.1) is 5.82 Å². The van der Waals surface area contributed by atoms with Gasteiger partial charge in [0.1, 0.15) is 17.2 Å². The minimum atomic E-state index is -0.729. The molecule has 0 amide bonds. The van der Waals surface area contributed by atoms with E-state index in [1.54, 1.807) is 12.1 Å². The molecule has 1 aromatic heterocycles. The number of hydrogen-bond donors (Lipinski definition) is 0. The Morgan fingerprint density at radius 1 is 1.41 bits per heavy atom.